The van der Waals surface area contributed by atoms with E-state index < -0.39 is 8.77 Å². The number of benzene rings is 1. The maximum absolute atomic E-state index is 11.0. The average Bonchev–Trinajstić information content (AvgIpc) is 2.16. The van der Waals surface area contributed by atoms with Crippen molar-refractivity contribution in [3.8, 4) is 0 Å². The topological polar surface area (TPSA) is 53.0 Å². The van der Waals surface area contributed by atoms with E-state index in [-0.39, 0.29) is 56.4 Å². The molecule has 0 N–H and O–H groups in total. The van der Waals surface area contributed by atoms with E-state index in [1.54, 1.807) is 18.2 Å². The molecular formula is C9H6KNO2S2. The SMILES string of the molecule is O=S([O-])(=S)c1ccc2ccccc2n1.[K+]. The van der Waals surface area contributed by atoms with Crippen LogP contribution in [0.4, 0.5) is 0 Å². The zero-order chi connectivity index (χ0) is 10.2. The molecule has 0 aliphatic heterocycles. The maximum Gasteiger partial charge on any atom is 1.00 e. The summed E-state index contributed by atoms with van der Waals surface area (Å²) in [6, 6.07) is 10.4. The first-order valence-electron chi connectivity index (χ1n) is 3.89. The van der Waals surface area contributed by atoms with Gasteiger partial charge in [0.05, 0.1) is 5.52 Å². The van der Waals surface area contributed by atoms with Gasteiger partial charge in [0.2, 0.25) is 0 Å². The van der Waals surface area contributed by atoms with Crippen molar-refractivity contribution in [2.45, 2.75) is 5.03 Å². The second-order valence-electron chi connectivity index (χ2n) is 2.80. The fraction of sp³-hybridized carbons (Fsp3) is 0. The normalized spacial score (nSPS) is 14.2. The van der Waals surface area contributed by atoms with E-state index in [4.69, 9.17) is 0 Å². The first kappa shape index (κ1) is 13.7. The Morgan fingerprint density at radius 2 is 1.87 bits per heavy atom. The Kier molecular flexibility index (Phi) is 4.81. The zero-order valence-corrected chi connectivity index (χ0v) is 12.8. The fourth-order valence-electron chi connectivity index (χ4n) is 1.19. The number of para-hydroxylation sites is 1. The van der Waals surface area contributed by atoms with Gasteiger partial charge in [0, 0.05) is 14.2 Å². The van der Waals surface area contributed by atoms with Crippen LogP contribution in [-0.2, 0) is 20.0 Å². The molecule has 2 aromatic rings. The van der Waals surface area contributed by atoms with Crippen molar-refractivity contribution < 1.29 is 60.1 Å². The van der Waals surface area contributed by atoms with Gasteiger partial charge in [0.25, 0.3) is 0 Å². The first-order chi connectivity index (χ1) is 6.57. The molecule has 0 aliphatic rings. The third kappa shape index (κ3) is 3.27. The van der Waals surface area contributed by atoms with Crippen molar-refractivity contribution in [3.05, 3.63) is 36.4 Å². The molecule has 15 heavy (non-hydrogen) atoms. The van der Waals surface area contributed by atoms with E-state index >= 15 is 0 Å². The predicted octanol–water partition coefficient (Wildman–Crippen LogP) is -1.53. The van der Waals surface area contributed by atoms with Crippen LogP contribution in [0.15, 0.2) is 41.4 Å². The van der Waals surface area contributed by atoms with Crippen molar-refractivity contribution in [2.24, 2.45) is 0 Å². The molecular weight excluding hydrogens is 257 g/mol. The smallest absolute Gasteiger partial charge is 0.765 e. The number of fused-ring (bicyclic) bond motifs is 1. The van der Waals surface area contributed by atoms with E-state index in [0.29, 0.717) is 5.52 Å². The molecule has 1 unspecified atom stereocenters. The van der Waals surface area contributed by atoms with Crippen molar-refractivity contribution >= 4 is 30.9 Å². The van der Waals surface area contributed by atoms with Gasteiger partial charge in [-0.15, -0.1) is 0 Å². The summed E-state index contributed by atoms with van der Waals surface area (Å²) in [7, 11) is -3.62. The van der Waals surface area contributed by atoms with Crippen molar-refractivity contribution in [2.75, 3.05) is 0 Å². The Morgan fingerprint density at radius 3 is 2.53 bits per heavy atom. The van der Waals surface area contributed by atoms with Crippen molar-refractivity contribution in [3.63, 3.8) is 0 Å². The summed E-state index contributed by atoms with van der Waals surface area (Å²) >= 11 is 4.32. The predicted molar refractivity (Wildman–Crippen MR) is 56.3 cm³/mol. The Balaban J connectivity index is 0.00000112. The Hall–Kier alpha value is 0.596. The van der Waals surface area contributed by atoms with E-state index in [1.807, 2.05) is 12.1 Å². The molecule has 0 saturated carbocycles. The monoisotopic (exact) mass is 263 g/mol. The van der Waals surface area contributed by atoms with Crippen LogP contribution in [0.2, 0.25) is 0 Å². The third-order valence-corrected chi connectivity index (χ3v) is 3.08. The quantitative estimate of drug-likeness (QED) is 0.586. The molecule has 0 aliphatic carbocycles. The van der Waals surface area contributed by atoms with Gasteiger partial charge in [-0.1, -0.05) is 24.3 Å². The number of hydrogen-bond acceptors (Lipinski definition) is 4. The second-order valence-corrected chi connectivity index (χ2v) is 5.44. The number of aromatic nitrogens is 1. The van der Waals surface area contributed by atoms with Crippen molar-refractivity contribution in [1.29, 1.82) is 0 Å². The van der Waals surface area contributed by atoms with E-state index in [9.17, 15) is 8.76 Å². The maximum atomic E-state index is 11.0. The molecule has 3 nitrogen and oxygen atoms in total. The third-order valence-electron chi connectivity index (χ3n) is 1.83. The molecule has 72 valence electrons. The van der Waals surface area contributed by atoms with Gasteiger partial charge in [-0.05, 0) is 23.3 Å². The molecule has 1 heterocycles. The Labute approximate surface area is 135 Å². The molecule has 1 aromatic carbocycles. The van der Waals surface area contributed by atoms with E-state index in [0.717, 1.165) is 5.39 Å². The minimum Gasteiger partial charge on any atom is -0.765 e. The van der Waals surface area contributed by atoms with Crippen LogP contribution >= 0.6 is 0 Å². The summed E-state index contributed by atoms with van der Waals surface area (Å²) in [6.07, 6.45) is 0. The number of pyridine rings is 1. The molecule has 1 aromatic heterocycles. The van der Waals surface area contributed by atoms with Crippen LogP contribution in [0.3, 0.4) is 0 Å². The Morgan fingerprint density at radius 1 is 1.20 bits per heavy atom. The van der Waals surface area contributed by atoms with Gasteiger partial charge in [0.1, 0.15) is 5.03 Å². The van der Waals surface area contributed by atoms with Gasteiger partial charge in [-0.2, -0.15) is 0 Å². The molecule has 6 heteroatoms. The summed E-state index contributed by atoms with van der Waals surface area (Å²) in [6.45, 7) is 0. The summed E-state index contributed by atoms with van der Waals surface area (Å²) in [5.41, 5.74) is 0.637. The molecule has 0 fully saturated rings. The summed E-state index contributed by atoms with van der Waals surface area (Å²) in [4.78, 5) is 3.95. The summed E-state index contributed by atoms with van der Waals surface area (Å²) in [5, 5.41) is 0.834. The van der Waals surface area contributed by atoms with Gasteiger partial charge in [-0.3, -0.25) is 4.21 Å². The minimum atomic E-state index is -3.62. The molecule has 0 radical (unpaired) electrons. The molecule has 1 atom stereocenters. The zero-order valence-electron chi connectivity index (χ0n) is 8.04. The minimum absolute atomic E-state index is 0. The average molecular weight is 263 g/mol. The summed E-state index contributed by atoms with van der Waals surface area (Å²) < 4.78 is 22.1. The molecule has 0 bridgehead atoms. The Bertz CT molecular complexity index is 583. The van der Waals surface area contributed by atoms with Crippen molar-refractivity contribution in [1.82, 2.24) is 4.98 Å². The van der Waals surface area contributed by atoms with Gasteiger partial charge in [-0.25, -0.2) is 4.98 Å². The van der Waals surface area contributed by atoms with Crippen LogP contribution in [0, 0.1) is 0 Å². The van der Waals surface area contributed by atoms with Crippen LogP contribution in [-0.4, -0.2) is 13.7 Å². The second kappa shape index (κ2) is 5.28. The molecule has 0 saturated heterocycles. The number of hydrogen-bond donors (Lipinski definition) is 0. The number of nitrogens with zero attached hydrogens (tertiary/aromatic N) is 1. The van der Waals surface area contributed by atoms with Gasteiger partial charge < -0.3 is 4.55 Å². The summed E-state index contributed by atoms with van der Waals surface area (Å²) in [5.74, 6) is 0. The molecule has 2 rings (SSSR count). The van der Waals surface area contributed by atoms with Crippen LogP contribution in [0.5, 0.6) is 0 Å². The standard InChI is InChI=1S/C9H7NO2S2.K/c11-14(12,13)9-6-5-7-3-1-2-4-8(7)10-9;/h1-6H,(H,11,12,13);/q;+1/p-1. The first-order valence-corrected chi connectivity index (χ1v) is 6.30. The molecule has 0 spiro atoms. The van der Waals surface area contributed by atoms with Crippen LogP contribution in [0.25, 0.3) is 10.9 Å². The van der Waals surface area contributed by atoms with E-state index in [2.05, 4.69) is 16.2 Å². The van der Waals surface area contributed by atoms with Gasteiger partial charge in [0.15, 0.2) is 0 Å². The van der Waals surface area contributed by atoms with Crippen LogP contribution in [0.1, 0.15) is 0 Å². The van der Waals surface area contributed by atoms with Crippen LogP contribution < -0.4 is 51.4 Å². The van der Waals surface area contributed by atoms with Gasteiger partial charge >= 0.3 is 51.4 Å². The molecule has 0 amide bonds. The van der Waals surface area contributed by atoms with E-state index in [1.165, 1.54) is 6.07 Å². The largest absolute Gasteiger partial charge is 1.00 e. The fourth-order valence-corrected chi connectivity index (χ4v) is 1.91. The number of rotatable bonds is 1.